The Kier molecular flexibility index (Phi) is 5.28. The molecule has 0 aliphatic heterocycles. The van der Waals surface area contributed by atoms with Gasteiger partial charge in [-0.15, -0.1) is 0 Å². The topological polar surface area (TPSA) is 93.2 Å². The SMILES string of the molecule is CCOC(=O)NC(n1ccc(=O)[nH]c1=O)C(Cl)(Cl)Cl. The maximum absolute atomic E-state index is 11.6. The summed E-state index contributed by atoms with van der Waals surface area (Å²) in [6.45, 7) is 1.70. The van der Waals surface area contributed by atoms with Crippen LogP contribution >= 0.6 is 34.8 Å². The third-order valence-corrected chi connectivity index (χ3v) is 2.59. The van der Waals surface area contributed by atoms with Crippen molar-refractivity contribution in [1.82, 2.24) is 14.9 Å². The average Bonchev–Trinajstić information content (AvgIpc) is 2.25. The van der Waals surface area contributed by atoms with Crippen LogP contribution < -0.4 is 16.6 Å². The van der Waals surface area contributed by atoms with Gasteiger partial charge in [0, 0.05) is 12.3 Å². The third kappa shape index (κ3) is 4.45. The molecule has 1 unspecified atom stereocenters. The van der Waals surface area contributed by atoms with Crippen molar-refractivity contribution in [3.05, 3.63) is 33.1 Å². The van der Waals surface area contributed by atoms with E-state index in [1.54, 1.807) is 6.92 Å². The van der Waals surface area contributed by atoms with E-state index in [0.717, 1.165) is 16.8 Å². The maximum Gasteiger partial charge on any atom is 0.408 e. The van der Waals surface area contributed by atoms with Crippen molar-refractivity contribution in [3.63, 3.8) is 0 Å². The zero-order valence-corrected chi connectivity index (χ0v) is 11.9. The summed E-state index contributed by atoms with van der Waals surface area (Å²) >= 11 is 17.1. The first-order chi connectivity index (χ1) is 8.75. The number of halogens is 3. The molecule has 0 aliphatic carbocycles. The smallest absolute Gasteiger partial charge is 0.408 e. The Morgan fingerprint density at radius 3 is 2.63 bits per heavy atom. The number of rotatable bonds is 3. The predicted molar refractivity (Wildman–Crippen MR) is 70.8 cm³/mol. The lowest BCUT2D eigenvalue weighted by atomic mass is 10.5. The number of alkyl halides is 3. The van der Waals surface area contributed by atoms with E-state index >= 15 is 0 Å². The van der Waals surface area contributed by atoms with Crippen LogP contribution in [0, 0.1) is 0 Å². The van der Waals surface area contributed by atoms with Gasteiger partial charge in [0.2, 0.25) is 3.79 Å². The fourth-order valence-electron chi connectivity index (χ4n) is 1.22. The zero-order chi connectivity index (χ0) is 14.6. The molecule has 0 saturated heterocycles. The Morgan fingerprint density at radius 2 is 2.16 bits per heavy atom. The van der Waals surface area contributed by atoms with Crippen molar-refractivity contribution in [2.45, 2.75) is 16.9 Å². The zero-order valence-electron chi connectivity index (χ0n) is 9.65. The van der Waals surface area contributed by atoms with Gasteiger partial charge in [-0.25, -0.2) is 9.59 Å². The summed E-state index contributed by atoms with van der Waals surface area (Å²) in [4.78, 5) is 35.9. The van der Waals surface area contributed by atoms with Gasteiger partial charge in [-0.1, -0.05) is 34.8 Å². The summed E-state index contributed by atoms with van der Waals surface area (Å²) in [5.41, 5.74) is -1.44. The number of nitrogens with zero attached hydrogens (tertiary/aromatic N) is 1. The van der Waals surface area contributed by atoms with Gasteiger partial charge in [-0.3, -0.25) is 19.7 Å². The van der Waals surface area contributed by atoms with Crippen molar-refractivity contribution < 1.29 is 9.53 Å². The number of nitrogens with one attached hydrogen (secondary N) is 2. The van der Waals surface area contributed by atoms with E-state index in [-0.39, 0.29) is 6.61 Å². The van der Waals surface area contributed by atoms with Crippen LogP contribution in [0.3, 0.4) is 0 Å². The summed E-state index contributed by atoms with van der Waals surface area (Å²) in [5, 5.41) is 2.22. The van der Waals surface area contributed by atoms with Gasteiger partial charge in [0.25, 0.3) is 5.56 Å². The highest BCUT2D eigenvalue weighted by molar-refractivity contribution is 6.67. The lowest BCUT2D eigenvalue weighted by molar-refractivity contribution is 0.143. The highest BCUT2D eigenvalue weighted by Gasteiger charge is 2.36. The molecule has 0 bridgehead atoms. The van der Waals surface area contributed by atoms with Gasteiger partial charge in [0.05, 0.1) is 6.61 Å². The number of aromatic nitrogens is 2. The average molecular weight is 331 g/mol. The second kappa shape index (κ2) is 6.31. The van der Waals surface area contributed by atoms with E-state index in [0.29, 0.717) is 0 Å². The molecule has 1 heterocycles. The maximum atomic E-state index is 11.6. The van der Waals surface area contributed by atoms with Gasteiger partial charge >= 0.3 is 11.8 Å². The van der Waals surface area contributed by atoms with Crippen LogP contribution in [0.2, 0.25) is 0 Å². The van der Waals surface area contributed by atoms with Crippen LogP contribution in [0.1, 0.15) is 13.1 Å². The fourth-order valence-corrected chi connectivity index (χ4v) is 1.70. The molecule has 106 valence electrons. The molecule has 19 heavy (non-hydrogen) atoms. The molecule has 1 amide bonds. The molecule has 0 radical (unpaired) electrons. The quantitative estimate of drug-likeness (QED) is 0.813. The molecule has 1 aromatic heterocycles. The second-order valence-corrected chi connectivity index (χ2v) is 5.70. The Morgan fingerprint density at radius 1 is 1.53 bits per heavy atom. The number of alkyl carbamates (subject to hydrolysis) is 1. The third-order valence-electron chi connectivity index (χ3n) is 1.97. The molecule has 2 N–H and O–H groups in total. The molecule has 7 nitrogen and oxygen atoms in total. The molecule has 0 saturated carbocycles. The van der Waals surface area contributed by atoms with Gasteiger partial charge in [0.15, 0.2) is 6.17 Å². The van der Waals surface area contributed by atoms with Gasteiger partial charge in [-0.2, -0.15) is 0 Å². The molecule has 0 aliphatic rings. The molecule has 10 heteroatoms. The number of carbonyl (C=O) groups is 1. The minimum absolute atomic E-state index is 0.110. The van der Waals surface area contributed by atoms with Crippen LogP contribution in [-0.2, 0) is 4.74 Å². The minimum atomic E-state index is -2.02. The molecule has 0 spiro atoms. The molecule has 1 atom stereocenters. The van der Waals surface area contributed by atoms with Crippen LogP contribution in [0.4, 0.5) is 4.79 Å². The summed E-state index contributed by atoms with van der Waals surface area (Å²) in [6, 6.07) is 1.05. The number of aromatic amines is 1. The van der Waals surface area contributed by atoms with E-state index < -0.39 is 27.3 Å². The van der Waals surface area contributed by atoms with Crippen LogP contribution in [0.25, 0.3) is 0 Å². The standard InChI is InChI=1S/C9H10Cl3N3O4/c1-2-19-8(18)14-6(9(10,11)12)15-4-3-5(16)13-7(15)17/h3-4,6H,2H2,1H3,(H,14,18)(H,13,16,17). The molecule has 0 fully saturated rings. The molecule has 1 aromatic rings. The highest BCUT2D eigenvalue weighted by atomic mass is 35.6. The van der Waals surface area contributed by atoms with Crippen molar-refractivity contribution in [2.24, 2.45) is 0 Å². The van der Waals surface area contributed by atoms with Gasteiger partial charge < -0.3 is 4.74 Å². The number of carbonyl (C=O) groups excluding carboxylic acids is 1. The first-order valence-electron chi connectivity index (χ1n) is 5.07. The Labute approximate surface area is 122 Å². The van der Waals surface area contributed by atoms with E-state index in [1.807, 2.05) is 4.98 Å². The minimum Gasteiger partial charge on any atom is -0.450 e. The Balaban J connectivity index is 3.14. The van der Waals surface area contributed by atoms with Gasteiger partial charge in [-0.05, 0) is 6.92 Å². The Bertz CT molecular complexity index is 563. The van der Waals surface area contributed by atoms with E-state index in [2.05, 4.69) is 10.1 Å². The van der Waals surface area contributed by atoms with E-state index in [9.17, 15) is 14.4 Å². The number of H-pyrrole nitrogens is 1. The predicted octanol–water partition coefficient (Wildman–Crippen LogP) is 1.15. The summed E-state index contributed by atoms with van der Waals surface area (Å²) in [6.07, 6.45) is -1.10. The second-order valence-electron chi connectivity index (χ2n) is 3.33. The molecular weight excluding hydrogens is 320 g/mol. The normalized spacial score (nSPS) is 12.8. The summed E-state index contributed by atoms with van der Waals surface area (Å²) in [5.74, 6) is 0. The fraction of sp³-hybridized carbons (Fsp3) is 0.444. The van der Waals surface area contributed by atoms with Crippen molar-refractivity contribution in [2.75, 3.05) is 6.61 Å². The van der Waals surface area contributed by atoms with Crippen LogP contribution in [-0.4, -0.2) is 26.0 Å². The van der Waals surface area contributed by atoms with Crippen LogP contribution in [0.15, 0.2) is 21.9 Å². The Hall–Kier alpha value is -1.18. The van der Waals surface area contributed by atoms with Crippen LogP contribution in [0.5, 0.6) is 0 Å². The number of hydrogen-bond acceptors (Lipinski definition) is 4. The lowest BCUT2D eigenvalue weighted by Crippen LogP contribution is -2.46. The summed E-state index contributed by atoms with van der Waals surface area (Å²) < 4.78 is 3.49. The largest absolute Gasteiger partial charge is 0.450 e. The monoisotopic (exact) mass is 329 g/mol. The van der Waals surface area contributed by atoms with Crippen molar-refractivity contribution in [1.29, 1.82) is 0 Å². The van der Waals surface area contributed by atoms with E-state index in [4.69, 9.17) is 34.8 Å². The lowest BCUT2D eigenvalue weighted by Gasteiger charge is -2.26. The van der Waals surface area contributed by atoms with E-state index in [1.165, 1.54) is 0 Å². The van der Waals surface area contributed by atoms with Gasteiger partial charge in [0.1, 0.15) is 0 Å². The number of amides is 1. The first-order valence-corrected chi connectivity index (χ1v) is 6.20. The molecule has 1 rings (SSSR count). The highest BCUT2D eigenvalue weighted by Crippen LogP contribution is 2.35. The van der Waals surface area contributed by atoms with Crippen molar-refractivity contribution >= 4 is 40.9 Å². The van der Waals surface area contributed by atoms with Crippen molar-refractivity contribution in [3.8, 4) is 0 Å². The molecule has 0 aromatic carbocycles. The number of hydrogen-bond donors (Lipinski definition) is 2. The summed E-state index contributed by atoms with van der Waals surface area (Å²) in [7, 11) is 0. The molecular formula is C9H10Cl3N3O4. The number of ether oxygens (including phenoxy) is 1. The first kappa shape index (κ1) is 15.9.